The molecule has 0 aliphatic rings. The molecular weight excluding hydrogens is 857 g/mol. The molecule has 6 heteroatoms. The van der Waals surface area contributed by atoms with Crippen molar-refractivity contribution in [1.82, 2.24) is 9.80 Å². The molecule has 0 saturated carbocycles. The lowest BCUT2D eigenvalue weighted by atomic mass is 9.97. The molecule has 0 heterocycles. The fourth-order valence-corrected chi connectivity index (χ4v) is 7.45. The fraction of sp³-hybridized carbons (Fsp3) is 0.578. The summed E-state index contributed by atoms with van der Waals surface area (Å²) in [6, 6.07) is 35.5. The molecule has 2 N–H and O–H groups in total. The Kier molecular flexibility index (Phi) is 43.9. The van der Waals surface area contributed by atoms with E-state index >= 15 is 0 Å². The van der Waals surface area contributed by atoms with E-state index in [9.17, 15) is 0 Å². The molecular formula is C64H111N4O2+3. The first-order chi connectivity index (χ1) is 33.2. The van der Waals surface area contributed by atoms with Gasteiger partial charge < -0.3 is 24.5 Å². The Morgan fingerprint density at radius 3 is 1.11 bits per heavy atom. The molecule has 4 aromatic rings. The maximum absolute atomic E-state index is 8.82. The summed E-state index contributed by atoms with van der Waals surface area (Å²) in [5.41, 5.74) is 11.0. The Morgan fingerprint density at radius 1 is 0.557 bits per heavy atom. The summed E-state index contributed by atoms with van der Waals surface area (Å²) in [6.07, 6.45) is 9.98. The van der Waals surface area contributed by atoms with Crippen molar-refractivity contribution >= 4 is 6.72 Å². The summed E-state index contributed by atoms with van der Waals surface area (Å²) in [7, 11) is 14.0. The van der Waals surface area contributed by atoms with Crippen LogP contribution in [0.4, 0.5) is 0 Å². The van der Waals surface area contributed by atoms with Gasteiger partial charge in [-0.2, -0.15) is 0 Å². The van der Waals surface area contributed by atoms with Crippen LogP contribution in [0.15, 0.2) is 103 Å². The van der Waals surface area contributed by atoms with Gasteiger partial charge in [-0.05, 0) is 129 Å². The van der Waals surface area contributed by atoms with Crippen molar-refractivity contribution in [2.45, 2.75) is 178 Å². The summed E-state index contributed by atoms with van der Waals surface area (Å²) in [4.78, 5) is 4.57. The number of hydrogen-bond acceptors (Lipinski definition) is 4. The van der Waals surface area contributed by atoms with Crippen LogP contribution in [0.3, 0.4) is 0 Å². The average Bonchev–Trinajstić information content (AvgIpc) is 3.35. The number of allylic oxidation sites excluding steroid dienone is 1. The van der Waals surface area contributed by atoms with E-state index in [4.69, 9.17) is 16.8 Å². The van der Waals surface area contributed by atoms with Crippen LogP contribution in [-0.4, -0.2) is 105 Å². The van der Waals surface area contributed by atoms with E-state index in [1.165, 1.54) is 103 Å². The van der Waals surface area contributed by atoms with Gasteiger partial charge in [0.15, 0.2) is 0 Å². The molecule has 0 aliphatic heterocycles. The standard InChI is InChI=1S/C16H28N.C15H25N.C13H21N.C11H16O.C5H12N.C3H5.CH4O/c1-6-12-17(4,5)13-15-8-10-16(11-9-15)14(3)7-2;1-5-11-16(4)12-14-7-9-15(10-8-14)13(3)6-2;1-5-11(2)13-8-6-12(7-9-13)10-14(3)4;1-3-9(2)11-6-4-10(8-12)5-7-11;1-4-5-6(2)3;1-3-2;1-2/h8-11,14H,6-7,12-13H2,1-5H3;7-10,13H,5-6,11-12H2,1-4H3;6-9,11H,5,10H2,1-4H3;4-7,9,12H,3,8H2,1-2H3;2,4-5H2,1,3H3;1,3H,2H3;2H,1H3/q+1;;;;2*+1;. The van der Waals surface area contributed by atoms with Crippen molar-refractivity contribution < 1.29 is 19.3 Å². The summed E-state index contributed by atoms with van der Waals surface area (Å²) in [5, 5.41) is 15.8. The van der Waals surface area contributed by atoms with Crippen molar-refractivity contribution in [3.8, 4) is 0 Å². The first-order valence-corrected chi connectivity index (χ1v) is 26.8. The molecule has 0 bridgehead atoms. The Bertz CT molecular complexity index is 1780. The van der Waals surface area contributed by atoms with Crippen molar-refractivity contribution in [3.63, 3.8) is 0 Å². The summed E-state index contributed by atoms with van der Waals surface area (Å²) >= 11 is 0. The summed E-state index contributed by atoms with van der Waals surface area (Å²) in [5.74, 6) is 2.67. The molecule has 4 aromatic carbocycles. The number of aliphatic hydroxyl groups is 2. The second-order valence-corrected chi connectivity index (χ2v) is 20.1. The molecule has 4 unspecified atom stereocenters. The molecule has 70 heavy (non-hydrogen) atoms. The van der Waals surface area contributed by atoms with Crippen LogP contribution >= 0.6 is 0 Å². The predicted molar refractivity (Wildman–Crippen MR) is 313 cm³/mol. The van der Waals surface area contributed by atoms with Crippen molar-refractivity contribution in [2.75, 3.05) is 69.0 Å². The van der Waals surface area contributed by atoms with Gasteiger partial charge in [0.1, 0.15) is 32.9 Å². The van der Waals surface area contributed by atoms with Crippen LogP contribution in [0.2, 0.25) is 0 Å². The molecule has 0 radical (unpaired) electrons. The zero-order chi connectivity index (χ0) is 54.1. The van der Waals surface area contributed by atoms with Crippen LogP contribution in [0.1, 0.15) is 196 Å². The SMILES string of the molecule is C=[N+](C)CCC.CCC(C)c1ccc(CN(C)C)cc1.CCC(C)c1ccc(CO)cc1.CCCN(C)Cc1ccc(C(C)CC)cc1.CCC[N+](C)(C)Cc1ccc(C(C)CC)cc1.CO.[CH+]=CC. The van der Waals surface area contributed by atoms with Crippen LogP contribution in [-0.2, 0) is 26.2 Å². The van der Waals surface area contributed by atoms with Crippen LogP contribution in [0.25, 0.3) is 0 Å². The molecule has 0 amide bonds. The molecule has 0 aromatic heterocycles. The van der Waals surface area contributed by atoms with Crippen molar-refractivity contribution in [3.05, 3.63) is 154 Å². The van der Waals surface area contributed by atoms with Crippen molar-refractivity contribution in [1.29, 1.82) is 0 Å². The number of quaternary nitrogens is 1. The van der Waals surface area contributed by atoms with Gasteiger partial charge >= 0.3 is 0 Å². The van der Waals surface area contributed by atoms with Crippen LogP contribution < -0.4 is 0 Å². The molecule has 4 rings (SSSR count). The van der Waals surface area contributed by atoms with E-state index in [0.717, 1.165) is 43.3 Å². The van der Waals surface area contributed by atoms with Gasteiger partial charge in [0, 0.05) is 39.1 Å². The predicted octanol–water partition coefficient (Wildman–Crippen LogP) is 15.5. The van der Waals surface area contributed by atoms with Gasteiger partial charge in [-0.15, -0.1) is 0 Å². The van der Waals surface area contributed by atoms with E-state index in [1.807, 2.05) is 23.8 Å². The van der Waals surface area contributed by atoms with Gasteiger partial charge in [0.05, 0.1) is 27.2 Å². The third-order valence-electron chi connectivity index (χ3n) is 12.4. The first-order valence-electron chi connectivity index (χ1n) is 26.8. The highest BCUT2D eigenvalue weighted by Gasteiger charge is 2.14. The quantitative estimate of drug-likeness (QED) is 0.0378. The summed E-state index contributed by atoms with van der Waals surface area (Å²) < 4.78 is 3.01. The highest BCUT2D eigenvalue weighted by Crippen LogP contribution is 2.22. The van der Waals surface area contributed by atoms with Gasteiger partial charge in [-0.1, -0.05) is 173 Å². The zero-order valence-electron chi connectivity index (χ0n) is 49.0. The second-order valence-electron chi connectivity index (χ2n) is 20.1. The Labute approximate surface area is 435 Å². The van der Waals surface area contributed by atoms with Crippen LogP contribution in [0, 0.1) is 6.58 Å². The smallest absolute Gasteiger partial charge is 0.201 e. The average molecular weight is 969 g/mol. The number of hydrogen-bond donors (Lipinski definition) is 2. The third kappa shape index (κ3) is 35.2. The lowest BCUT2D eigenvalue weighted by Gasteiger charge is -2.29. The number of rotatable bonds is 21. The number of nitrogens with zero attached hydrogens (tertiary/aromatic N) is 4. The van der Waals surface area contributed by atoms with E-state index in [-0.39, 0.29) is 6.61 Å². The summed E-state index contributed by atoms with van der Waals surface area (Å²) in [6.45, 7) is 41.7. The molecule has 4 atom stereocenters. The van der Waals surface area contributed by atoms with E-state index in [0.29, 0.717) is 23.7 Å². The van der Waals surface area contributed by atoms with E-state index in [2.05, 4.69) is 213 Å². The fourth-order valence-electron chi connectivity index (χ4n) is 7.45. The zero-order valence-corrected chi connectivity index (χ0v) is 49.0. The molecule has 0 saturated heterocycles. The third-order valence-corrected chi connectivity index (χ3v) is 12.4. The minimum absolute atomic E-state index is 0.140. The normalized spacial score (nSPS) is 12.1. The minimum Gasteiger partial charge on any atom is -0.400 e. The van der Waals surface area contributed by atoms with E-state index < -0.39 is 0 Å². The lowest BCUT2D eigenvalue weighted by Crippen LogP contribution is -2.39. The lowest BCUT2D eigenvalue weighted by molar-refractivity contribution is -0.903. The second kappa shape index (κ2) is 43.8. The Balaban J connectivity index is -0.000000802. The van der Waals surface area contributed by atoms with Gasteiger partial charge in [-0.3, -0.25) is 0 Å². The van der Waals surface area contributed by atoms with Crippen LogP contribution in [0.5, 0.6) is 0 Å². The Hall–Kier alpha value is -4.00. The topological polar surface area (TPSA) is 50.0 Å². The largest absolute Gasteiger partial charge is 0.400 e. The maximum atomic E-state index is 8.82. The number of aliphatic hydroxyl groups excluding tert-OH is 2. The molecule has 0 fully saturated rings. The van der Waals surface area contributed by atoms with Gasteiger partial charge in [-0.25, -0.2) is 4.58 Å². The monoisotopic (exact) mass is 968 g/mol. The highest BCUT2D eigenvalue weighted by atomic mass is 16.3. The van der Waals surface area contributed by atoms with Gasteiger partial charge in [0.25, 0.3) is 0 Å². The minimum atomic E-state index is 0.140. The Morgan fingerprint density at radius 2 is 0.871 bits per heavy atom. The molecule has 396 valence electrons. The van der Waals surface area contributed by atoms with Gasteiger partial charge in [0.2, 0.25) is 6.58 Å². The maximum Gasteiger partial charge on any atom is 0.201 e. The first kappa shape index (κ1) is 70.3. The highest BCUT2D eigenvalue weighted by molar-refractivity contribution is 5.27. The van der Waals surface area contributed by atoms with Crippen molar-refractivity contribution in [2.24, 2.45) is 0 Å². The number of benzene rings is 4. The molecule has 6 nitrogen and oxygen atoms in total. The van der Waals surface area contributed by atoms with E-state index in [1.54, 1.807) is 6.92 Å². The molecule has 0 spiro atoms. The molecule has 0 aliphatic carbocycles.